The van der Waals surface area contributed by atoms with Gasteiger partial charge in [0.2, 0.25) is 5.41 Å². The maximum Gasteiger partial charge on any atom is 0.411 e. The van der Waals surface area contributed by atoms with E-state index in [1.807, 2.05) is 60.7 Å². The van der Waals surface area contributed by atoms with Gasteiger partial charge in [-0.25, -0.2) is 0 Å². The van der Waals surface area contributed by atoms with Gasteiger partial charge in [0.25, 0.3) is 0 Å². The second kappa shape index (κ2) is 10.5. The summed E-state index contributed by atoms with van der Waals surface area (Å²) in [6.07, 6.45) is -11.3. The Morgan fingerprint density at radius 1 is 0.358 bits per heavy atom. The molecule has 0 saturated heterocycles. The van der Waals surface area contributed by atoms with Gasteiger partial charge in [0, 0.05) is 10.8 Å². The summed E-state index contributed by atoms with van der Waals surface area (Å²) in [5.41, 5.74) is 5.78. The van der Waals surface area contributed by atoms with E-state index in [1.54, 1.807) is 26.0 Å². The number of hydrogen-bond donors (Lipinski definition) is 0. The molecule has 6 aromatic rings. The molecule has 0 aromatic heterocycles. The summed E-state index contributed by atoms with van der Waals surface area (Å²) in [6.45, 7) is 11.7. The first kappa shape index (κ1) is 33.7. The molecule has 0 atom stereocenters. The molecule has 0 unspecified atom stereocenters. The molecule has 0 heterocycles. The van der Waals surface area contributed by atoms with Crippen molar-refractivity contribution >= 4 is 0 Å². The summed E-state index contributed by atoms with van der Waals surface area (Å²) in [7, 11) is 0. The van der Waals surface area contributed by atoms with Gasteiger partial charge in [-0.15, -0.1) is 0 Å². The van der Waals surface area contributed by atoms with E-state index in [9.17, 15) is 0 Å². The average molecular weight is 715 g/mol. The highest BCUT2D eigenvalue weighted by atomic mass is 19.4. The second-order valence-electron chi connectivity index (χ2n) is 16.0. The largest absolute Gasteiger partial charge is 0.411 e. The second-order valence-corrected chi connectivity index (χ2v) is 16.0. The fraction of sp³-hybridized carbons (Fsp3) is 0.234. The van der Waals surface area contributed by atoms with Gasteiger partial charge in [-0.05, 0) is 138 Å². The van der Waals surface area contributed by atoms with E-state index in [2.05, 4.69) is 52.0 Å². The van der Waals surface area contributed by atoms with Crippen LogP contribution in [0.4, 0.5) is 26.3 Å². The van der Waals surface area contributed by atoms with Crippen LogP contribution in [0.15, 0.2) is 109 Å². The third-order valence-electron chi connectivity index (χ3n) is 12.5. The molecular weight excluding hydrogens is 679 g/mol. The third kappa shape index (κ3) is 4.26. The number of fused-ring (bicyclic) bond motifs is 9. The highest BCUT2D eigenvalue weighted by molar-refractivity contribution is 5.92. The molecule has 0 N–H and O–H groups in total. The molecule has 0 spiro atoms. The molecule has 0 bridgehead atoms. The first-order valence-electron chi connectivity index (χ1n) is 17.8. The van der Waals surface area contributed by atoms with Crippen molar-refractivity contribution in [3.05, 3.63) is 154 Å². The fourth-order valence-corrected chi connectivity index (χ4v) is 9.76. The molecule has 0 nitrogen and oxygen atoms in total. The lowest BCUT2D eigenvalue weighted by Crippen LogP contribution is -2.53. The van der Waals surface area contributed by atoms with Crippen LogP contribution in [-0.2, 0) is 16.2 Å². The predicted molar refractivity (Wildman–Crippen MR) is 200 cm³/mol. The SMILES string of the molecule is Cc1cc2c(cc1-c1ccc3c(c1)C(C)(C)c1ccccc1-3)-c1cc(-c3ccc4c(c3)C(C)(C)c3ccccc3-4)c(C)cc1C2(C(F)(F)F)C(F)(F)F. The number of alkyl halides is 6. The molecule has 53 heavy (non-hydrogen) atoms. The zero-order chi connectivity index (χ0) is 37.6. The van der Waals surface area contributed by atoms with Crippen LogP contribution in [0.5, 0.6) is 0 Å². The molecule has 0 fully saturated rings. The van der Waals surface area contributed by atoms with E-state index in [-0.39, 0.29) is 22.0 Å². The van der Waals surface area contributed by atoms with E-state index in [0.717, 1.165) is 56.6 Å². The van der Waals surface area contributed by atoms with Gasteiger partial charge >= 0.3 is 12.4 Å². The van der Waals surface area contributed by atoms with Crippen LogP contribution in [-0.4, -0.2) is 12.4 Å². The molecule has 9 rings (SSSR count). The Hall–Kier alpha value is -5.10. The maximum atomic E-state index is 15.4. The van der Waals surface area contributed by atoms with Crippen LogP contribution in [0, 0.1) is 13.8 Å². The highest BCUT2D eigenvalue weighted by Crippen LogP contribution is 2.65. The van der Waals surface area contributed by atoms with Gasteiger partial charge in [-0.1, -0.05) is 113 Å². The van der Waals surface area contributed by atoms with Gasteiger partial charge in [0.1, 0.15) is 0 Å². The van der Waals surface area contributed by atoms with Crippen LogP contribution in [0.25, 0.3) is 55.6 Å². The van der Waals surface area contributed by atoms with E-state index in [1.165, 1.54) is 11.1 Å². The first-order chi connectivity index (χ1) is 24.9. The van der Waals surface area contributed by atoms with Crippen molar-refractivity contribution in [2.75, 3.05) is 0 Å². The molecule has 6 heteroatoms. The van der Waals surface area contributed by atoms with Crippen LogP contribution in [0.1, 0.15) is 72.2 Å². The summed E-state index contributed by atoms with van der Waals surface area (Å²) < 4.78 is 92.3. The Morgan fingerprint density at radius 2 is 0.717 bits per heavy atom. The number of rotatable bonds is 2. The third-order valence-corrected chi connectivity index (χ3v) is 12.5. The Kier molecular flexibility index (Phi) is 6.69. The van der Waals surface area contributed by atoms with Crippen molar-refractivity contribution in [1.82, 2.24) is 0 Å². The minimum Gasteiger partial charge on any atom is -0.169 e. The number of benzene rings is 6. The van der Waals surface area contributed by atoms with Crippen molar-refractivity contribution in [3.8, 4) is 55.6 Å². The molecule has 0 saturated carbocycles. The quantitative estimate of drug-likeness (QED) is 0.157. The number of halogens is 6. The van der Waals surface area contributed by atoms with Crippen molar-refractivity contribution in [2.45, 2.75) is 70.1 Å². The van der Waals surface area contributed by atoms with Crippen LogP contribution in [0.3, 0.4) is 0 Å². The van der Waals surface area contributed by atoms with Crippen molar-refractivity contribution in [2.24, 2.45) is 0 Å². The molecule has 3 aliphatic carbocycles. The smallest absolute Gasteiger partial charge is 0.169 e. The predicted octanol–water partition coefficient (Wildman–Crippen LogP) is 13.6. The lowest BCUT2D eigenvalue weighted by molar-refractivity contribution is -0.287. The molecule has 0 amide bonds. The average Bonchev–Trinajstić information content (AvgIpc) is 3.61. The Morgan fingerprint density at radius 3 is 1.09 bits per heavy atom. The van der Waals surface area contributed by atoms with Gasteiger partial charge in [-0.3, -0.25) is 0 Å². The van der Waals surface area contributed by atoms with Gasteiger partial charge in [0.05, 0.1) is 0 Å². The minimum atomic E-state index is -5.65. The molecule has 0 radical (unpaired) electrons. The lowest BCUT2D eigenvalue weighted by atomic mass is 9.75. The molecular formula is C47H36F6. The van der Waals surface area contributed by atoms with Gasteiger partial charge in [-0.2, -0.15) is 26.3 Å². The lowest BCUT2D eigenvalue weighted by Gasteiger charge is -2.36. The number of hydrogen-bond acceptors (Lipinski definition) is 0. The topological polar surface area (TPSA) is 0 Å². The van der Waals surface area contributed by atoms with E-state index in [0.29, 0.717) is 22.3 Å². The summed E-state index contributed by atoms with van der Waals surface area (Å²) in [6, 6.07) is 33.7. The molecule has 266 valence electrons. The van der Waals surface area contributed by atoms with Crippen molar-refractivity contribution in [3.63, 3.8) is 0 Å². The van der Waals surface area contributed by atoms with Gasteiger partial charge in [0.15, 0.2) is 0 Å². The zero-order valence-corrected chi connectivity index (χ0v) is 30.2. The monoisotopic (exact) mass is 714 g/mol. The normalized spacial score (nSPS) is 16.8. The Labute approximate surface area is 305 Å². The van der Waals surface area contributed by atoms with Crippen molar-refractivity contribution < 1.29 is 26.3 Å². The van der Waals surface area contributed by atoms with E-state index in [4.69, 9.17) is 0 Å². The number of aryl methyl sites for hydroxylation is 2. The summed E-state index contributed by atoms with van der Waals surface area (Å²) in [5.74, 6) is 0. The van der Waals surface area contributed by atoms with E-state index >= 15 is 26.3 Å². The van der Waals surface area contributed by atoms with Crippen molar-refractivity contribution in [1.29, 1.82) is 0 Å². The molecule has 3 aliphatic rings. The van der Waals surface area contributed by atoms with Crippen LogP contribution < -0.4 is 0 Å². The maximum absolute atomic E-state index is 15.4. The zero-order valence-electron chi connectivity index (χ0n) is 30.2. The highest BCUT2D eigenvalue weighted by Gasteiger charge is 2.75. The standard InChI is InChI=1S/C47H36F6/c1-25-19-41-35(23-33(25)27-15-17-31-29-11-7-9-13-37(29)43(3,4)39(31)21-27)36-24-34(26(2)20-42(36)45(41,46(48,49)50)47(51,52)53)28-16-18-32-30-12-8-10-14-38(30)44(5,6)40(32)22-28/h7-24H,1-6H3. The Balaban J connectivity index is 1.27. The summed E-state index contributed by atoms with van der Waals surface area (Å²) in [5, 5.41) is 0. The Bertz CT molecular complexity index is 2380. The minimum absolute atomic E-state index is 0.0477. The summed E-state index contributed by atoms with van der Waals surface area (Å²) >= 11 is 0. The van der Waals surface area contributed by atoms with E-state index < -0.39 is 28.9 Å². The molecule has 6 aromatic carbocycles. The van der Waals surface area contributed by atoms with Gasteiger partial charge < -0.3 is 0 Å². The van der Waals surface area contributed by atoms with Crippen LogP contribution >= 0.6 is 0 Å². The fourth-order valence-electron chi connectivity index (χ4n) is 9.76. The van der Waals surface area contributed by atoms with Crippen LogP contribution in [0.2, 0.25) is 0 Å². The molecule has 0 aliphatic heterocycles. The summed E-state index contributed by atoms with van der Waals surface area (Å²) in [4.78, 5) is 0. The first-order valence-corrected chi connectivity index (χ1v) is 17.8.